The Labute approximate surface area is 139 Å². The average molecular weight is 330 g/mol. The van der Waals surface area contributed by atoms with Crippen molar-refractivity contribution in [3.63, 3.8) is 0 Å². The molecule has 0 atom stereocenters. The van der Waals surface area contributed by atoms with Crippen LogP contribution in [0.5, 0.6) is 0 Å². The third-order valence-corrected chi connectivity index (χ3v) is 4.47. The maximum atomic E-state index is 12.7. The quantitative estimate of drug-likeness (QED) is 0.868. The zero-order chi connectivity index (χ0) is 16.4. The normalized spacial score (nSPS) is 14.9. The molecular weight excluding hydrogens is 314 g/mol. The van der Waals surface area contributed by atoms with Crippen molar-refractivity contribution in [1.82, 2.24) is 0 Å². The molecular formula is C18H16ClNO3. The Balaban J connectivity index is 1.77. The first kappa shape index (κ1) is 15.6. The van der Waals surface area contributed by atoms with Gasteiger partial charge in [0.25, 0.3) is 0 Å². The van der Waals surface area contributed by atoms with Crippen molar-refractivity contribution in [1.29, 1.82) is 0 Å². The molecule has 2 aromatic carbocycles. The largest absolute Gasteiger partial charge is 0.465 e. The predicted octanol–water partition coefficient (Wildman–Crippen LogP) is 3.80. The lowest BCUT2D eigenvalue weighted by molar-refractivity contribution is -0.118. The van der Waals surface area contributed by atoms with Crippen molar-refractivity contribution < 1.29 is 14.3 Å². The maximum absolute atomic E-state index is 12.7. The molecule has 0 saturated heterocycles. The molecule has 0 radical (unpaired) electrons. The Kier molecular flexibility index (Phi) is 4.09. The second-order valence-corrected chi connectivity index (χ2v) is 5.99. The first-order valence-electron chi connectivity index (χ1n) is 7.32. The Morgan fingerprint density at radius 1 is 1.09 bits per heavy atom. The number of rotatable bonds is 4. The summed E-state index contributed by atoms with van der Waals surface area (Å²) in [4.78, 5) is 24.1. The second kappa shape index (κ2) is 6.05. The van der Waals surface area contributed by atoms with Crippen LogP contribution < -0.4 is 5.32 Å². The summed E-state index contributed by atoms with van der Waals surface area (Å²) in [5.41, 5.74) is 1.41. The van der Waals surface area contributed by atoms with Crippen LogP contribution in [0.15, 0.2) is 48.5 Å². The number of carbonyl (C=O) groups excluding carboxylic acids is 2. The van der Waals surface area contributed by atoms with E-state index in [0.29, 0.717) is 16.3 Å². The van der Waals surface area contributed by atoms with Crippen LogP contribution in [-0.4, -0.2) is 19.0 Å². The molecule has 2 aromatic rings. The van der Waals surface area contributed by atoms with Gasteiger partial charge in [0, 0.05) is 10.7 Å². The highest BCUT2D eigenvalue weighted by Crippen LogP contribution is 2.51. The van der Waals surface area contributed by atoms with Gasteiger partial charge in [-0.15, -0.1) is 0 Å². The van der Waals surface area contributed by atoms with E-state index in [-0.39, 0.29) is 5.91 Å². The Morgan fingerprint density at radius 3 is 2.30 bits per heavy atom. The standard InChI is InChI=1S/C18H16ClNO3/c1-23-16(21)12-6-8-13(9-7-12)20-17(22)18(10-11-18)14-4-2-3-5-15(14)19/h2-9H,10-11H2,1H3,(H,20,22). The van der Waals surface area contributed by atoms with Crippen LogP contribution >= 0.6 is 11.6 Å². The summed E-state index contributed by atoms with van der Waals surface area (Å²) in [6, 6.07) is 14.1. The van der Waals surface area contributed by atoms with Crippen LogP contribution in [0, 0.1) is 0 Å². The summed E-state index contributed by atoms with van der Waals surface area (Å²) in [5, 5.41) is 3.52. The molecule has 0 spiro atoms. The van der Waals surface area contributed by atoms with Gasteiger partial charge in [-0.3, -0.25) is 4.79 Å². The lowest BCUT2D eigenvalue weighted by Gasteiger charge is -2.17. The third kappa shape index (κ3) is 2.94. The van der Waals surface area contributed by atoms with Crippen LogP contribution in [0.2, 0.25) is 5.02 Å². The van der Waals surface area contributed by atoms with Gasteiger partial charge >= 0.3 is 5.97 Å². The molecule has 0 unspecified atom stereocenters. The van der Waals surface area contributed by atoms with Crippen LogP contribution in [0.3, 0.4) is 0 Å². The molecule has 0 heterocycles. The molecule has 1 aliphatic carbocycles. The van der Waals surface area contributed by atoms with E-state index in [1.165, 1.54) is 7.11 Å². The highest BCUT2D eigenvalue weighted by atomic mass is 35.5. The first-order chi connectivity index (χ1) is 11.1. The monoisotopic (exact) mass is 329 g/mol. The fourth-order valence-corrected chi connectivity index (χ4v) is 2.97. The number of benzene rings is 2. The van der Waals surface area contributed by atoms with Crippen LogP contribution in [0.1, 0.15) is 28.8 Å². The Bertz CT molecular complexity index is 751. The van der Waals surface area contributed by atoms with Gasteiger partial charge in [0.15, 0.2) is 0 Å². The van der Waals surface area contributed by atoms with Gasteiger partial charge in [0.1, 0.15) is 0 Å². The van der Waals surface area contributed by atoms with E-state index < -0.39 is 11.4 Å². The van der Waals surface area contributed by atoms with Crippen LogP contribution in [-0.2, 0) is 14.9 Å². The molecule has 3 rings (SSSR count). The van der Waals surface area contributed by atoms with Crippen LogP contribution in [0.25, 0.3) is 0 Å². The van der Waals surface area contributed by atoms with Gasteiger partial charge in [0.2, 0.25) is 5.91 Å². The van der Waals surface area contributed by atoms with Crippen molar-refractivity contribution in [3.05, 3.63) is 64.7 Å². The van der Waals surface area contributed by atoms with Crippen LogP contribution in [0.4, 0.5) is 5.69 Å². The van der Waals surface area contributed by atoms with Crippen molar-refractivity contribution in [2.75, 3.05) is 12.4 Å². The summed E-state index contributed by atoms with van der Waals surface area (Å²) in [5.74, 6) is -0.478. The number of anilines is 1. The van der Waals surface area contributed by atoms with Crippen molar-refractivity contribution in [3.8, 4) is 0 Å². The summed E-state index contributed by atoms with van der Waals surface area (Å²) in [6.45, 7) is 0. The number of amides is 1. The molecule has 118 valence electrons. The molecule has 23 heavy (non-hydrogen) atoms. The number of hydrogen-bond donors (Lipinski definition) is 1. The van der Waals surface area contributed by atoms with Gasteiger partial charge < -0.3 is 10.1 Å². The minimum absolute atomic E-state index is 0.0728. The van der Waals surface area contributed by atoms with Gasteiger partial charge in [-0.1, -0.05) is 29.8 Å². The molecule has 4 nitrogen and oxygen atoms in total. The fourth-order valence-electron chi connectivity index (χ4n) is 2.65. The molecule has 1 N–H and O–H groups in total. The number of carbonyl (C=O) groups is 2. The van der Waals surface area contributed by atoms with E-state index in [1.54, 1.807) is 30.3 Å². The number of hydrogen-bond acceptors (Lipinski definition) is 3. The summed E-state index contributed by atoms with van der Waals surface area (Å²) in [7, 11) is 1.33. The molecule has 1 saturated carbocycles. The maximum Gasteiger partial charge on any atom is 0.337 e. The highest BCUT2D eigenvalue weighted by Gasteiger charge is 2.52. The number of halogens is 1. The molecule has 0 aliphatic heterocycles. The van der Waals surface area contributed by atoms with E-state index in [1.807, 2.05) is 18.2 Å². The molecule has 1 aliphatic rings. The van der Waals surface area contributed by atoms with E-state index in [9.17, 15) is 9.59 Å². The first-order valence-corrected chi connectivity index (χ1v) is 7.69. The number of nitrogens with one attached hydrogen (secondary N) is 1. The average Bonchev–Trinajstić information content (AvgIpc) is 3.37. The minimum atomic E-state index is -0.542. The molecule has 0 aromatic heterocycles. The molecule has 1 amide bonds. The number of methoxy groups -OCH3 is 1. The Morgan fingerprint density at radius 2 is 1.74 bits per heavy atom. The van der Waals surface area contributed by atoms with Gasteiger partial charge in [-0.25, -0.2) is 4.79 Å². The number of esters is 1. The van der Waals surface area contributed by atoms with E-state index in [2.05, 4.69) is 10.1 Å². The smallest absolute Gasteiger partial charge is 0.337 e. The van der Waals surface area contributed by atoms with Gasteiger partial charge in [-0.05, 0) is 48.7 Å². The summed E-state index contributed by atoms with van der Waals surface area (Å²) in [6.07, 6.45) is 1.56. The summed E-state index contributed by atoms with van der Waals surface area (Å²) < 4.78 is 4.65. The Hall–Kier alpha value is -2.33. The van der Waals surface area contributed by atoms with Crippen molar-refractivity contribution in [2.45, 2.75) is 18.3 Å². The second-order valence-electron chi connectivity index (χ2n) is 5.59. The molecule has 0 bridgehead atoms. The van der Waals surface area contributed by atoms with Crippen molar-refractivity contribution in [2.24, 2.45) is 0 Å². The molecule has 1 fully saturated rings. The SMILES string of the molecule is COC(=O)c1ccc(NC(=O)C2(c3ccccc3Cl)CC2)cc1. The fraction of sp³-hybridized carbons (Fsp3) is 0.222. The third-order valence-electron chi connectivity index (χ3n) is 4.14. The minimum Gasteiger partial charge on any atom is -0.465 e. The van der Waals surface area contributed by atoms with E-state index in [4.69, 9.17) is 11.6 Å². The van der Waals surface area contributed by atoms with Gasteiger partial charge in [-0.2, -0.15) is 0 Å². The lowest BCUT2D eigenvalue weighted by Crippen LogP contribution is -2.28. The zero-order valence-corrected chi connectivity index (χ0v) is 13.4. The van der Waals surface area contributed by atoms with E-state index >= 15 is 0 Å². The zero-order valence-electron chi connectivity index (χ0n) is 12.6. The number of ether oxygens (including phenoxy) is 1. The van der Waals surface area contributed by atoms with E-state index in [0.717, 1.165) is 18.4 Å². The topological polar surface area (TPSA) is 55.4 Å². The highest BCUT2D eigenvalue weighted by molar-refractivity contribution is 6.32. The lowest BCUT2D eigenvalue weighted by atomic mass is 9.94. The van der Waals surface area contributed by atoms with Crippen molar-refractivity contribution >= 4 is 29.2 Å². The predicted molar refractivity (Wildman–Crippen MR) is 88.8 cm³/mol. The summed E-state index contributed by atoms with van der Waals surface area (Å²) >= 11 is 6.24. The van der Waals surface area contributed by atoms with Gasteiger partial charge in [0.05, 0.1) is 18.1 Å². The molecule has 5 heteroatoms.